The Hall–Kier alpha value is -4.16. The number of anilines is 3. The lowest BCUT2D eigenvalue weighted by Crippen LogP contribution is -2.48. The molecule has 0 radical (unpaired) electrons. The number of hydrogen-bond donors (Lipinski definition) is 1. The van der Waals surface area contributed by atoms with E-state index in [1.807, 2.05) is 97.9 Å². The van der Waals surface area contributed by atoms with E-state index in [0.29, 0.717) is 37.1 Å². The summed E-state index contributed by atoms with van der Waals surface area (Å²) >= 11 is 3.61. The van der Waals surface area contributed by atoms with Gasteiger partial charge in [-0.3, -0.25) is 19.3 Å². The number of fused-ring (bicyclic) bond motifs is 4. The third-order valence-electron chi connectivity index (χ3n) is 11.8. The van der Waals surface area contributed by atoms with Crippen molar-refractivity contribution in [2.24, 2.45) is 5.92 Å². The molecule has 8 nitrogen and oxygen atoms in total. The van der Waals surface area contributed by atoms with Gasteiger partial charge in [-0.05, 0) is 84.6 Å². The van der Waals surface area contributed by atoms with Crippen LogP contribution in [0, 0.1) is 5.92 Å². The van der Waals surface area contributed by atoms with E-state index in [1.165, 1.54) is 0 Å². The molecule has 4 aromatic carbocycles. The van der Waals surface area contributed by atoms with Gasteiger partial charge in [-0.25, -0.2) is 0 Å². The molecule has 0 aliphatic carbocycles. The summed E-state index contributed by atoms with van der Waals surface area (Å²) in [5.74, 6) is -1.06. The zero-order chi connectivity index (χ0) is 37.2. The zero-order valence-corrected chi connectivity index (χ0v) is 32.7. The third-order valence-corrected chi connectivity index (χ3v) is 14.7. The second-order valence-corrected chi connectivity index (χ2v) is 20.1. The van der Waals surface area contributed by atoms with Crippen molar-refractivity contribution in [2.75, 3.05) is 16.4 Å². The van der Waals surface area contributed by atoms with Gasteiger partial charge in [0.2, 0.25) is 20.2 Å². The van der Waals surface area contributed by atoms with Crippen LogP contribution in [0.1, 0.15) is 47.6 Å². The van der Waals surface area contributed by atoms with Gasteiger partial charge < -0.3 is 23.8 Å². The molecule has 4 aliphatic heterocycles. The monoisotopic (exact) mass is 795 g/mol. The molecule has 0 aromatic heterocycles. The Labute approximate surface area is 318 Å². The number of benzene rings is 4. The van der Waals surface area contributed by atoms with Gasteiger partial charge in [0.15, 0.2) is 5.60 Å². The van der Waals surface area contributed by atoms with Crippen LogP contribution in [0.3, 0.4) is 0 Å². The molecule has 1 saturated heterocycles. The Balaban J connectivity index is 1.12. The minimum Gasteiger partial charge on any atom is -0.394 e. The number of para-hydroxylation sites is 1. The predicted molar refractivity (Wildman–Crippen MR) is 208 cm³/mol. The zero-order valence-electron chi connectivity index (χ0n) is 30.1. The summed E-state index contributed by atoms with van der Waals surface area (Å²) in [5.41, 5.74) is 4.83. The minimum absolute atomic E-state index is 0.0177. The first-order chi connectivity index (χ1) is 25.4. The number of aryl methyl sites for hydroxylation is 1. The first-order valence-electron chi connectivity index (χ1n) is 18.4. The highest BCUT2D eigenvalue weighted by Crippen LogP contribution is 2.60. The number of carbonyl (C=O) groups excluding carboxylic acids is 3. The number of halogens is 2. The SMILES string of the molecule is C[C@@H]1[C@@H]([Si](C)(C)F)[C@H](CC(=O)N2Cc3ccccc3C[C@H]2CO)O[C@@]12C(=O)N(Cc1cccc(N3C(=O)CCc4ccccc43)c1)c1ccc(Br)cc12. The van der Waals surface area contributed by atoms with Crippen molar-refractivity contribution in [3.63, 3.8) is 0 Å². The number of carbonyl (C=O) groups is 3. The molecular formula is C42H43BrFN3O5Si. The number of rotatable bonds is 7. The van der Waals surface area contributed by atoms with E-state index < -0.39 is 37.6 Å². The molecule has 1 spiro atoms. The maximum Gasteiger partial charge on any atom is 0.264 e. The van der Waals surface area contributed by atoms with Crippen molar-refractivity contribution in [2.45, 2.75) is 82.1 Å². The molecule has 8 rings (SSSR count). The van der Waals surface area contributed by atoms with Gasteiger partial charge in [0.25, 0.3) is 5.91 Å². The Morgan fingerprint density at radius 3 is 2.43 bits per heavy atom. The van der Waals surface area contributed by atoms with E-state index in [1.54, 1.807) is 27.8 Å². The average molecular weight is 797 g/mol. The van der Waals surface area contributed by atoms with Gasteiger partial charge in [-0.1, -0.05) is 77.5 Å². The van der Waals surface area contributed by atoms with Crippen molar-refractivity contribution < 1.29 is 28.3 Å². The summed E-state index contributed by atoms with van der Waals surface area (Å²) in [6.07, 6.45) is 0.701. The average Bonchev–Trinajstić information content (AvgIpc) is 3.56. The van der Waals surface area contributed by atoms with Crippen LogP contribution in [-0.4, -0.2) is 54.9 Å². The maximum absolute atomic E-state index is 16.6. The van der Waals surface area contributed by atoms with Gasteiger partial charge in [-0.15, -0.1) is 0 Å². The molecule has 0 bridgehead atoms. The number of hydrogen-bond acceptors (Lipinski definition) is 5. The van der Waals surface area contributed by atoms with Crippen molar-refractivity contribution in [3.8, 4) is 0 Å². The fraction of sp³-hybridized carbons (Fsp3) is 0.357. The van der Waals surface area contributed by atoms with E-state index in [-0.39, 0.29) is 37.3 Å². The van der Waals surface area contributed by atoms with Gasteiger partial charge in [-0.2, -0.15) is 0 Å². The quantitative estimate of drug-likeness (QED) is 0.153. The molecule has 11 heteroatoms. The number of amides is 3. The van der Waals surface area contributed by atoms with Crippen molar-refractivity contribution in [1.82, 2.24) is 4.90 Å². The molecule has 3 amide bonds. The van der Waals surface area contributed by atoms with Crippen LogP contribution in [0.25, 0.3) is 0 Å². The normalized spacial score (nSPS) is 25.1. The van der Waals surface area contributed by atoms with Crippen LogP contribution < -0.4 is 9.80 Å². The molecule has 1 fully saturated rings. The summed E-state index contributed by atoms with van der Waals surface area (Å²) in [5, 5.41) is 10.3. The lowest BCUT2D eigenvalue weighted by molar-refractivity contribution is -0.151. The van der Waals surface area contributed by atoms with Crippen LogP contribution in [-0.2, 0) is 50.7 Å². The first kappa shape index (κ1) is 35.8. The maximum atomic E-state index is 16.6. The molecule has 274 valence electrons. The Morgan fingerprint density at radius 2 is 1.68 bits per heavy atom. The highest BCUT2D eigenvalue weighted by molar-refractivity contribution is 9.10. The van der Waals surface area contributed by atoms with Crippen molar-refractivity contribution in [3.05, 3.63) is 123 Å². The molecule has 4 heterocycles. The highest BCUT2D eigenvalue weighted by Gasteiger charge is 2.67. The second kappa shape index (κ2) is 13.6. The van der Waals surface area contributed by atoms with Crippen molar-refractivity contribution >= 4 is 59.1 Å². The first-order valence-corrected chi connectivity index (χ1v) is 22.1. The van der Waals surface area contributed by atoms with Crippen LogP contribution in [0.2, 0.25) is 18.6 Å². The lowest BCUT2D eigenvalue weighted by Gasteiger charge is -2.37. The highest BCUT2D eigenvalue weighted by atomic mass is 79.9. The molecule has 0 saturated carbocycles. The Kier molecular flexibility index (Phi) is 9.20. The Morgan fingerprint density at radius 1 is 0.943 bits per heavy atom. The lowest BCUT2D eigenvalue weighted by atomic mass is 9.82. The summed E-state index contributed by atoms with van der Waals surface area (Å²) < 4.78 is 24.3. The summed E-state index contributed by atoms with van der Waals surface area (Å²) in [6, 6.07) is 28.8. The van der Waals surface area contributed by atoms with Crippen LogP contribution in [0.15, 0.2) is 95.5 Å². The second-order valence-electron chi connectivity index (χ2n) is 15.4. The van der Waals surface area contributed by atoms with E-state index in [4.69, 9.17) is 4.74 Å². The number of ether oxygens (including phenoxy) is 1. The van der Waals surface area contributed by atoms with E-state index in [2.05, 4.69) is 15.9 Å². The van der Waals surface area contributed by atoms with E-state index in [9.17, 15) is 14.7 Å². The molecular weight excluding hydrogens is 753 g/mol. The van der Waals surface area contributed by atoms with Crippen molar-refractivity contribution in [1.29, 1.82) is 0 Å². The number of nitrogens with zero attached hydrogens (tertiary/aromatic N) is 3. The number of aliphatic hydroxyl groups is 1. The Bertz CT molecular complexity index is 2120. The largest absolute Gasteiger partial charge is 0.394 e. The van der Waals surface area contributed by atoms with Gasteiger partial charge in [0.05, 0.1) is 43.1 Å². The summed E-state index contributed by atoms with van der Waals surface area (Å²) in [4.78, 5) is 47.6. The van der Waals surface area contributed by atoms with Gasteiger partial charge >= 0.3 is 0 Å². The standard InChI is InChI=1S/C42H43BrFN3O5Si/c1-26-40(53(2,3)44)37(22-39(50)45-24-30-12-5-4-11-29(30)20-33(45)25-48)52-42(26)34-21-31(43)16-17-36(34)46(41(42)51)23-27-9-8-13-32(19-27)47-35-14-7-6-10-28(35)15-18-38(47)49/h4-14,16-17,19,21,26,33,37,40,48H,15,18,20,22-25H2,1-3H3/t26-,33+,37+,40-,42+/m1/s1. The third kappa shape index (κ3) is 6.05. The fourth-order valence-corrected chi connectivity index (χ4v) is 12.3. The van der Waals surface area contributed by atoms with Crippen LogP contribution in [0.5, 0.6) is 0 Å². The molecule has 4 aliphatic rings. The summed E-state index contributed by atoms with van der Waals surface area (Å²) in [7, 11) is -3.53. The molecule has 1 N–H and O–H groups in total. The van der Waals surface area contributed by atoms with E-state index in [0.717, 1.165) is 38.1 Å². The minimum atomic E-state index is -3.53. The van der Waals surface area contributed by atoms with Crippen LogP contribution >= 0.6 is 15.9 Å². The van der Waals surface area contributed by atoms with Gasteiger partial charge in [0, 0.05) is 40.1 Å². The molecule has 5 atom stereocenters. The topological polar surface area (TPSA) is 90.4 Å². The molecule has 4 aromatic rings. The predicted octanol–water partition coefficient (Wildman–Crippen LogP) is 7.72. The van der Waals surface area contributed by atoms with E-state index >= 15 is 8.90 Å². The smallest absolute Gasteiger partial charge is 0.264 e. The van der Waals surface area contributed by atoms with Gasteiger partial charge in [0.1, 0.15) is 0 Å². The van der Waals surface area contributed by atoms with Crippen LogP contribution in [0.4, 0.5) is 21.2 Å². The molecule has 0 unspecified atom stereocenters. The molecule has 53 heavy (non-hydrogen) atoms. The number of aliphatic hydroxyl groups excluding tert-OH is 1. The summed E-state index contributed by atoms with van der Waals surface area (Å²) in [6.45, 7) is 5.53. The fourth-order valence-electron chi connectivity index (χ4n) is 9.40.